The van der Waals surface area contributed by atoms with Gasteiger partial charge in [-0.3, -0.25) is 9.59 Å². The number of hydrogen-bond acceptors (Lipinski definition) is 4. The third-order valence-electron chi connectivity index (χ3n) is 7.50. The molecule has 0 aromatic heterocycles. The van der Waals surface area contributed by atoms with Crippen LogP contribution in [0.3, 0.4) is 0 Å². The van der Waals surface area contributed by atoms with Crippen LogP contribution in [0, 0.1) is 11.8 Å². The molecule has 5 nitrogen and oxygen atoms in total. The van der Waals surface area contributed by atoms with Gasteiger partial charge in [0, 0.05) is 36.4 Å². The van der Waals surface area contributed by atoms with Gasteiger partial charge in [0.15, 0.2) is 23.4 Å². The van der Waals surface area contributed by atoms with Crippen LogP contribution >= 0.6 is 0 Å². The van der Waals surface area contributed by atoms with Crippen LogP contribution in [0.25, 0.3) is 0 Å². The van der Waals surface area contributed by atoms with E-state index < -0.39 is 6.10 Å². The Bertz CT molecular complexity index is 830. The molecule has 1 amide bonds. The maximum Gasteiger partial charge on any atom is 0.225 e. The topological polar surface area (TPSA) is 55.8 Å². The summed E-state index contributed by atoms with van der Waals surface area (Å²) in [5.41, 5.74) is 2.05. The van der Waals surface area contributed by atoms with Crippen LogP contribution in [0.1, 0.15) is 50.2 Å². The van der Waals surface area contributed by atoms with Gasteiger partial charge in [-0.1, -0.05) is 13.0 Å². The molecule has 1 aromatic carbocycles. The van der Waals surface area contributed by atoms with Crippen molar-refractivity contribution in [2.45, 2.75) is 63.0 Å². The molecule has 2 fully saturated rings. The van der Waals surface area contributed by atoms with Crippen molar-refractivity contribution in [2.75, 3.05) is 14.2 Å². The van der Waals surface area contributed by atoms with Gasteiger partial charge in [-0.25, -0.2) is 0 Å². The highest BCUT2D eigenvalue weighted by Crippen LogP contribution is 2.61. The number of benzene rings is 1. The molecule has 1 unspecified atom stereocenters. The van der Waals surface area contributed by atoms with E-state index in [0.717, 1.165) is 37.9 Å². The summed E-state index contributed by atoms with van der Waals surface area (Å²) >= 11 is 0. The number of rotatable bonds is 4. The fourth-order valence-corrected chi connectivity index (χ4v) is 6.05. The van der Waals surface area contributed by atoms with E-state index in [0.29, 0.717) is 12.2 Å². The van der Waals surface area contributed by atoms with Gasteiger partial charge >= 0.3 is 0 Å². The number of ketones is 1. The molecule has 2 saturated carbocycles. The molecule has 1 heterocycles. The molecule has 3 aliphatic carbocycles. The highest BCUT2D eigenvalue weighted by atomic mass is 16.5. The zero-order valence-corrected chi connectivity index (χ0v) is 16.3. The van der Waals surface area contributed by atoms with Crippen LogP contribution in [0.15, 0.2) is 12.1 Å². The summed E-state index contributed by atoms with van der Waals surface area (Å²) in [6, 6.07) is 4.18. The van der Waals surface area contributed by atoms with E-state index >= 15 is 0 Å². The maximum atomic E-state index is 12.9. The zero-order chi connectivity index (χ0) is 18.9. The largest absolute Gasteiger partial charge is 0.493 e. The average molecular weight is 369 g/mol. The second-order valence-corrected chi connectivity index (χ2v) is 8.63. The summed E-state index contributed by atoms with van der Waals surface area (Å²) in [5, 5.41) is 0. The number of ether oxygens (including phenoxy) is 2. The van der Waals surface area contributed by atoms with Crippen molar-refractivity contribution in [3.63, 3.8) is 0 Å². The van der Waals surface area contributed by atoms with Crippen LogP contribution in [-0.4, -0.2) is 42.9 Å². The van der Waals surface area contributed by atoms with Crippen molar-refractivity contribution in [3.8, 4) is 11.5 Å². The molecule has 0 bridgehead atoms. The first-order chi connectivity index (χ1) is 13.0. The van der Waals surface area contributed by atoms with Gasteiger partial charge in [0.1, 0.15) is 0 Å². The van der Waals surface area contributed by atoms with E-state index in [1.54, 1.807) is 7.11 Å². The Labute approximate surface area is 160 Å². The average Bonchev–Trinajstić information content (AvgIpc) is 3.47. The maximum absolute atomic E-state index is 12.9. The number of methoxy groups -OCH3 is 1. The Kier molecular flexibility index (Phi) is 3.62. The van der Waals surface area contributed by atoms with Gasteiger partial charge in [0.25, 0.3) is 0 Å². The second kappa shape index (κ2) is 5.73. The Morgan fingerprint density at radius 2 is 2.11 bits per heavy atom. The van der Waals surface area contributed by atoms with Crippen molar-refractivity contribution in [1.82, 2.24) is 4.90 Å². The molecule has 1 aliphatic heterocycles. The number of nitrogens with zero attached hydrogens (tertiary/aromatic N) is 1. The molecule has 0 radical (unpaired) electrons. The lowest BCUT2D eigenvalue weighted by atomic mass is 9.53. The highest BCUT2D eigenvalue weighted by Gasteiger charge is 2.63. The van der Waals surface area contributed by atoms with Crippen molar-refractivity contribution < 1.29 is 19.1 Å². The van der Waals surface area contributed by atoms with E-state index in [1.807, 2.05) is 18.0 Å². The van der Waals surface area contributed by atoms with Gasteiger partial charge in [0.2, 0.25) is 5.91 Å². The number of likely N-dealkylation sites (N-methyl/N-ethyl adjacent to an activating group) is 1. The predicted molar refractivity (Wildman–Crippen MR) is 100 cm³/mol. The minimum Gasteiger partial charge on any atom is -0.493 e. The zero-order valence-electron chi connectivity index (χ0n) is 16.3. The lowest BCUT2D eigenvalue weighted by molar-refractivity contribution is -0.140. The smallest absolute Gasteiger partial charge is 0.225 e. The molecule has 0 saturated heterocycles. The molecular formula is C22H27NO4. The summed E-state index contributed by atoms with van der Waals surface area (Å²) in [4.78, 5) is 27.7. The number of carbonyl (C=O) groups excluding carboxylic acids is 2. The van der Waals surface area contributed by atoms with Crippen LogP contribution < -0.4 is 9.47 Å². The van der Waals surface area contributed by atoms with Crippen LogP contribution in [-0.2, 0) is 21.4 Å². The van der Waals surface area contributed by atoms with Crippen LogP contribution in [0.4, 0.5) is 0 Å². The fourth-order valence-electron chi connectivity index (χ4n) is 6.05. The van der Waals surface area contributed by atoms with Gasteiger partial charge in [-0.05, 0) is 49.7 Å². The summed E-state index contributed by atoms with van der Waals surface area (Å²) < 4.78 is 11.9. The van der Waals surface area contributed by atoms with Gasteiger partial charge in [-0.2, -0.15) is 0 Å². The SMILES string of the molecule is CC[C@@]12c3c4ccc(OC)c3OC1C(=O)CC[C@@H]2[C@@H](N(C)C(=O)C1CC1)C4. The van der Waals surface area contributed by atoms with Crippen LogP contribution in [0.2, 0.25) is 0 Å². The predicted octanol–water partition coefficient (Wildman–Crippen LogP) is 2.88. The van der Waals surface area contributed by atoms with Gasteiger partial charge in [0.05, 0.1) is 7.11 Å². The Hall–Kier alpha value is -2.04. The fraction of sp³-hybridized carbons (Fsp3) is 0.636. The molecule has 4 atom stereocenters. The molecule has 5 rings (SSSR count). The number of amides is 1. The monoisotopic (exact) mass is 369 g/mol. The van der Waals surface area contributed by atoms with Crippen molar-refractivity contribution in [3.05, 3.63) is 23.3 Å². The first-order valence-corrected chi connectivity index (χ1v) is 10.2. The normalized spacial score (nSPS) is 33.3. The highest BCUT2D eigenvalue weighted by molar-refractivity contribution is 5.89. The molecular weight excluding hydrogens is 342 g/mol. The van der Waals surface area contributed by atoms with E-state index in [4.69, 9.17) is 9.47 Å². The van der Waals surface area contributed by atoms with E-state index in [9.17, 15) is 9.59 Å². The van der Waals surface area contributed by atoms with E-state index in [-0.39, 0.29) is 35.0 Å². The van der Waals surface area contributed by atoms with Crippen molar-refractivity contribution >= 4 is 11.7 Å². The van der Waals surface area contributed by atoms with Gasteiger partial charge in [-0.15, -0.1) is 0 Å². The summed E-state index contributed by atoms with van der Waals surface area (Å²) in [6.07, 6.45) is 4.61. The molecule has 27 heavy (non-hydrogen) atoms. The minimum atomic E-state index is -0.446. The van der Waals surface area contributed by atoms with E-state index in [2.05, 4.69) is 13.0 Å². The quantitative estimate of drug-likeness (QED) is 0.819. The first kappa shape index (κ1) is 17.1. The van der Waals surface area contributed by atoms with Gasteiger partial charge < -0.3 is 14.4 Å². The van der Waals surface area contributed by atoms with Crippen molar-refractivity contribution in [1.29, 1.82) is 0 Å². The molecule has 144 valence electrons. The molecule has 5 heteroatoms. The molecule has 0 spiro atoms. The number of Topliss-reactive ketones (excluding diaryl/α,β-unsaturated/α-hetero) is 1. The standard InChI is InChI=1S/C22H27NO4/c1-4-22-14-8-9-16(24)20(22)27-19-17(26-3)10-7-13(18(19)22)11-15(14)23(2)21(25)12-5-6-12/h7,10,12,14-15,20H,4-6,8-9,11H2,1-3H3/t14-,15+,20?,22-/m1/s1. The van der Waals surface area contributed by atoms with E-state index in [1.165, 1.54) is 11.1 Å². The second-order valence-electron chi connectivity index (χ2n) is 8.63. The first-order valence-electron chi connectivity index (χ1n) is 10.2. The third-order valence-corrected chi connectivity index (χ3v) is 7.50. The molecule has 0 N–H and O–H groups in total. The minimum absolute atomic E-state index is 0.129. The summed E-state index contributed by atoms with van der Waals surface area (Å²) in [6.45, 7) is 2.16. The summed E-state index contributed by atoms with van der Waals surface area (Å²) in [7, 11) is 3.61. The molecule has 1 aromatic rings. The van der Waals surface area contributed by atoms with Crippen LogP contribution in [0.5, 0.6) is 11.5 Å². The molecule has 4 aliphatic rings. The number of hydrogen-bond donors (Lipinski definition) is 0. The number of carbonyl (C=O) groups is 2. The third kappa shape index (κ3) is 2.11. The summed E-state index contributed by atoms with van der Waals surface area (Å²) in [5.74, 6) is 2.39. The lowest BCUT2D eigenvalue weighted by Crippen LogP contribution is -2.61. The lowest BCUT2D eigenvalue weighted by Gasteiger charge is -2.52. The Morgan fingerprint density at radius 3 is 2.78 bits per heavy atom. The van der Waals surface area contributed by atoms with Crippen molar-refractivity contribution in [2.24, 2.45) is 11.8 Å². The Morgan fingerprint density at radius 1 is 1.33 bits per heavy atom. The Balaban J connectivity index is 1.67.